The van der Waals surface area contributed by atoms with Crippen molar-refractivity contribution >= 4 is 5.69 Å². The molecule has 1 aromatic rings. The molecule has 0 aromatic heterocycles. The van der Waals surface area contributed by atoms with Crippen molar-refractivity contribution in [2.45, 2.75) is 32.4 Å². The molecule has 2 bridgehead atoms. The first-order valence-corrected chi connectivity index (χ1v) is 6.09. The molecule has 3 aliphatic heterocycles. The first-order valence-electron chi connectivity index (χ1n) is 6.09. The van der Waals surface area contributed by atoms with Gasteiger partial charge in [-0.15, -0.1) is 9.60 Å². The second-order valence-corrected chi connectivity index (χ2v) is 4.13. The van der Waals surface area contributed by atoms with Crippen molar-refractivity contribution in [1.82, 2.24) is 5.12 Å². The van der Waals surface area contributed by atoms with E-state index >= 15 is 0 Å². The molecule has 3 saturated heterocycles. The number of hydrogen-bond donors (Lipinski definition) is 0. The van der Waals surface area contributed by atoms with Gasteiger partial charge in [0.2, 0.25) is 0 Å². The molecule has 0 N–H and O–H groups in total. The lowest BCUT2D eigenvalue weighted by Crippen LogP contribution is -2.65. The van der Waals surface area contributed by atoms with Crippen LogP contribution >= 0.6 is 0 Å². The molecule has 0 amide bonds. The van der Waals surface area contributed by atoms with E-state index in [0.29, 0.717) is 0 Å². The van der Waals surface area contributed by atoms with Crippen molar-refractivity contribution in [3.63, 3.8) is 0 Å². The fraction of sp³-hybridized carbons (Fsp3) is 0.538. The smallest absolute Gasteiger partial charge is 0.0598 e. The fourth-order valence-electron chi connectivity index (χ4n) is 2.41. The third-order valence-electron chi connectivity index (χ3n) is 3.23. The SMILES string of the molecule is CC.FN1C2CC1CN(c1ccccc1)C2. The van der Waals surface area contributed by atoms with Crippen LogP contribution < -0.4 is 4.90 Å². The van der Waals surface area contributed by atoms with Crippen molar-refractivity contribution in [1.29, 1.82) is 0 Å². The molecule has 3 heteroatoms. The third kappa shape index (κ3) is 1.92. The minimum Gasteiger partial charge on any atom is -0.368 e. The molecule has 16 heavy (non-hydrogen) atoms. The van der Waals surface area contributed by atoms with Crippen LogP contribution in [0.2, 0.25) is 0 Å². The maximum Gasteiger partial charge on any atom is 0.0598 e. The molecular weight excluding hydrogens is 203 g/mol. The van der Waals surface area contributed by atoms with Gasteiger partial charge in [0, 0.05) is 18.8 Å². The predicted molar refractivity (Wildman–Crippen MR) is 65.1 cm³/mol. The average Bonchev–Trinajstić information content (AvgIpc) is 2.41. The topological polar surface area (TPSA) is 6.48 Å². The number of rotatable bonds is 1. The fourth-order valence-corrected chi connectivity index (χ4v) is 2.41. The van der Waals surface area contributed by atoms with Crippen LogP contribution in [-0.2, 0) is 0 Å². The highest BCUT2D eigenvalue weighted by Crippen LogP contribution is 2.34. The molecule has 3 fully saturated rings. The van der Waals surface area contributed by atoms with Crippen molar-refractivity contribution in [2.24, 2.45) is 0 Å². The minimum atomic E-state index is 0.133. The summed E-state index contributed by atoms with van der Waals surface area (Å²) >= 11 is 0. The molecule has 2 nitrogen and oxygen atoms in total. The summed E-state index contributed by atoms with van der Waals surface area (Å²) in [5.74, 6) is 0. The van der Waals surface area contributed by atoms with Crippen LogP contribution in [0.25, 0.3) is 0 Å². The summed E-state index contributed by atoms with van der Waals surface area (Å²) in [5, 5.41) is 1.01. The number of anilines is 1. The van der Waals surface area contributed by atoms with Gasteiger partial charge < -0.3 is 4.90 Å². The zero-order chi connectivity index (χ0) is 11.5. The first-order chi connectivity index (χ1) is 7.84. The quantitative estimate of drug-likeness (QED) is 0.674. The van der Waals surface area contributed by atoms with Gasteiger partial charge >= 0.3 is 0 Å². The summed E-state index contributed by atoms with van der Waals surface area (Å²) in [7, 11) is 0. The molecule has 0 spiro atoms. The van der Waals surface area contributed by atoms with Crippen molar-refractivity contribution in [3.05, 3.63) is 30.3 Å². The summed E-state index contributed by atoms with van der Waals surface area (Å²) in [5.41, 5.74) is 1.22. The predicted octanol–water partition coefficient (Wildman–Crippen LogP) is 2.86. The van der Waals surface area contributed by atoms with Gasteiger partial charge in [0.25, 0.3) is 0 Å². The van der Waals surface area contributed by atoms with Crippen molar-refractivity contribution in [2.75, 3.05) is 18.0 Å². The Balaban J connectivity index is 0.000000457. The lowest BCUT2D eigenvalue weighted by atomic mass is 9.90. The molecule has 1 aromatic carbocycles. The summed E-state index contributed by atoms with van der Waals surface area (Å²) in [6, 6.07) is 10.5. The van der Waals surface area contributed by atoms with Gasteiger partial charge in [-0.3, -0.25) is 0 Å². The Bertz CT molecular complexity index is 316. The number of benzene rings is 1. The molecule has 0 radical (unpaired) electrons. The number of para-hydroxylation sites is 1. The Morgan fingerprint density at radius 3 is 2.12 bits per heavy atom. The Morgan fingerprint density at radius 1 is 1.06 bits per heavy atom. The van der Waals surface area contributed by atoms with E-state index < -0.39 is 0 Å². The maximum absolute atomic E-state index is 13.1. The van der Waals surface area contributed by atoms with E-state index in [2.05, 4.69) is 17.0 Å². The number of piperazine rings is 1. The molecule has 3 aliphatic rings. The number of fused-ring (bicyclic) bond motifs is 2. The summed E-state index contributed by atoms with van der Waals surface area (Å²) in [6.45, 7) is 5.66. The molecule has 0 aliphatic carbocycles. The van der Waals surface area contributed by atoms with Crippen LogP contribution in [0, 0.1) is 0 Å². The zero-order valence-electron chi connectivity index (χ0n) is 9.94. The highest BCUT2D eigenvalue weighted by molar-refractivity contribution is 5.47. The van der Waals surface area contributed by atoms with Gasteiger partial charge in [0.15, 0.2) is 0 Å². The Labute approximate surface area is 96.6 Å². The molecule has 3 heterocycles. The monoisotopic (exact) mass is 222 g/mol. The van der Waals surface area contributed by atoms with E-state index in [0.717, 1.165) is 24.6 Å². The van der Waals surface area contributed by atoms with Crippen LogP contribution in [-0.4, -0.2) is 30.3 Å². The lowest BCUT2D eigenvalue weighted by Gasteiger charge is -2.51. The molecule has 0 saturated carbocycles. The van der Waals surface area contributed by atoms with Gasteiger partial charge in [-0.2, -0.15) is 0 Å². The average molecular weight is 222 g/mol. The maximum atomic E-state index is 13.1. The molecule has 88 valence electrons. The Kier molecular flexibility index (Phi) is 3.44. The number of nitrogens with zero attached hydrogens (tertiary/aromatic N) is 2. The van der Waals surface area contributed by atoms with Gasteiger partial charge in [-0.1, -0.05) is 32.0 Å². The summed E-state index contributed by atoms with van der Waals surface area (Å²) < 4.78 is 13.1. The van der Waals surface area contributed by atoms with Gasteiger partial charge in [0.1, 0.15) is 0 Å². The molecule has 2 unspecified atom stereocenters. The highest BCUT2D eigenvalue weighted by atomic mass is 19.2. The normalized spacial score (nSPS) is 27.8. The van der Waals surface area contributed by atoms with Crippen LogP contribution in [0.5, 0.6) is 0 Å². The minimum absolute atomic E-state index is 0.133. The van der Waals surface area contributed by atoms with Gasteiger partial charge in [-0.25, -0.2) is 0 Å². The second kappa shape index (κ2) is 4.83. The summed E-state index contributed by atoms with van der Waals surface area (Å²) in [6.07, 6.45) is 1.03. The van der Waals surface area contributed by atoms with E-state index in [1.165, 1.54) is 5.69 Å². The largest absolute Gasteiger partial charge is 0.368 e. The van der Waals surface area contributed by atoms with Crippen molar-refractivity contribution in [3.8, 4) is 0 Å². The van der Waals surface area contributed by atoms with Gasteiger partial charge in [0.05, 0.1) is 12.1 Å². The van der Waals surface area contributed by atoms with Crippen LogP contribution in [0.4, 0.5) is 10.2 Å². The number of piperidine rings is 1. The van der Waals surface area contributed by atoms with Crippen molar-refractivity contribution < 1.29 is 4.48 Å². The van der Waals surface area contributed by atoms with Crippen LogP contribution in [0.3, 0.4) is 0 Å². The van der Waals surface area contributed by atoms with E-state index in [-0.39, 0.29) is 12.1 Å². The second-order valence-electron chi connectivity index (χ2n) is 4.13. The molecular formula is C13H19FN2. The highest BCUT2D eigenvalue weighted by Gasteiger charge is 2.45. The van der Waals surface area contributed by atoms with E-state index in [1.807, 2.05) is 32.0 Å². The zero-order valence-corrected chi connectivity index (χ0v) is 9.94. The molecule has 4 rings (SSSR count). The van der Waals surface area contributed by atoms with E-state index in [9.17, 15) is 4.48 Å². The Morgan fingerprint density at radius 2 is 1.62 bits per heavy atom. The van der Waals surface area contributed by atoms with E-state index in [4.69, 9.17) is 0 Å². The number of hydrogen-bond acceptors (Lipinski definition) is 2. The molecule has 2 atom stereocenters. The number of halogens is 1. The Hall–Kier alpha value is -1.09. The standard InChI is InChI=1S/C11H13FN2.C2H6/c12-14-10-6-11(14)8-13(7-10)9-4-2-1-3-5-9;1-2/h1-5,10-11H,6-8H2;1-2H3. The van der Waals surface area contributed by atoms with Crippen LogP contribution in [0.15, 0.2) is 30.3 Å². The first kappa shape index (κ1) is 11.4. The third-order valence-corrected chi connectivity index (χ3v) is 3.23. The van der Waals surface area contributed by atoms with E-state index in [1.54, 1.807) is 0 Å². The summed E-state index contributed by atoms with van der Waals surface area (Å²) in [4.78, 5) is 2.27. The van der Waals surface area contributed by atoms with Crippen LogP contribution in [0.1, 0.15) is 20.3 Å². The van der Waals surface area contributed by atoms with Gasteiger partial charge in [-0.05, 0) is 18.6 Å². The lowest BCUT2D eigenvalue weighted by molar-refractivity contribution is -0.151.